The zero-order valence-electron chi connectivity index (χ0n) is 27.6. The fourth-order valence-electron chi connectivity index (χ4n) is 3.02. The standard InChI is InChI=1S/C12H27NO.C10H23NO.C9H21N/c1-6-8-13(10-11-14-5)9-7-12(2,3)4;1-10(2,3)6-7-11(4)8-9-12-5;1-5-7-10-8-6-9(2,3)4/h6-11H2,1-5H3;6-9H2,1-5H3;10H,5-8H2,1-4H3. The van der Waals surface area contributed by atoms with Gasteiger partial charge in [0.05, 0.1) is 13.2 Å². The predicted molar refractivity (Wildman–Crippen MR) is 163 cm³/mol. The third-order valence-corrected chi connectivity index (χ3v) is 5.73. The van der Waals surface area contributed by atoms with Crippen molar-refractivity contribution < 1.29 is 9.47 Å². The van der Waals surface area contributed by atoms with E-state index in [1.165, 1.54) is 45.2 Å². The fourth-order valence-corrected chi connectivity index (χ4v) is 3.02. The first-order valence-electron chi connectivity index (χ1n) is 14.6. The minimum Gasteiger partial charge on any atom is -0.383 e. The van der Waals surface area contributed by atoms with Gasteiger partial charge >= 0.3 is 0 Å². The Labute approximate surface area is 229 Å². The van der Waals surface area contributed by atoms with Crippen molar-refractivity contribution in [2.24, 2.45) is 16.2 Å². The number of likely N-dealkylation sites (N-methyl/N-ethyl adjacent to an activating group) is 1. The summed E-state index contributed by atoms with van der Waals surface area (Å²) in [6.07, 6.45) is 6.24. The van der Waals surface area contributed by atoms with Crippen molar-refractivity contribution in [2.75, 3.05) is 80.3 Å². The topological polar surface area (TPSA) is 37.0 Å². The summed E-state index contributed by atoms with van der Waals surface area (Å²) in [7, 11) is 5.66. The number of ether oxygens (including phenoxy) is 2. The average Bonchev–Trinajstić information content (AvgIpc) is 2.75. The van der Waals surface area contributed by atoms with Gasteiger partial charge < -0.3 is 24.6 Å². The summed E-state index contributed by atoms with van der Waals surface area (Å²) in [5.41, 5.74) is 1.38. The zero-order valence-corrected chi connectivity index (χ0v) is 27.6. The molecule has 0 amide bonds. The van der Waals surface area contributed by atoms with Gasteiger partial charge in [-0.15, -0.1) is 0 Å². The van der Waals surface area contributed by atoms with Crippen LogP contribution < -0.4 is 5.32 Å². The van der Waals surface area contributed by atoms with Gasteiger partial charge in [-0.1, -0.05) is 76.2 Å². The molecule has 0 aliphatic heterocycles. The number of hydrogen-bond acceptors (Lipinski definition) is 5. The van der Waals surface area contributed by atoms with Crippen molar-refractivity contribution in [3.05, 3.63) is 0 Å². The molecule has 222 valence electrons. The average molecular weight is 518 g/mol. The van der Waals surface area contributed by atoms with Crippen LogP contribution in [0.5, 0.6) is 0 Å². The van der Waals surface area contributed by atoms with E-state index in [4.69, 9.17) is 9.47 Å². The molecule has 0 atom stereocenters. The van der Waals surface area contributed by atoms with E-state index in [1.807, 2.05) is 0 Å². The van der Waals surface area contributed by atoms with Gasteiger partial charge in [-0.05, 0) is 88.1 Å². The first kappa shape index (κ1) is 40.3. The molecule has 0 aliphatic rings. The van der Waals surface area contributed by atoms with Crippen molar-refractivity contribution in [1.82, 2.24) is 15.1 Å². The van der Waals surface area contributed by atoms with Gasteiger partial charge in [0.2, 0.25) is 0 Å². The smallest absolute Gasteiger partial charge is 0.0589 e. The summed E-state index contributed by atoms with van der Waals surface area (Å²) in [6, 6.07) is 0. The van der Waals surface area contributed by atoms with Crippen LogP contribution in [0.15, 0.2) is 0 Å². The van der Waals surface area contributed by atoms with E-state index in [0.29, 0.717) is 16.2 Å². The molecule has 0 aromatic rings. The molecule has 0 rings (SSSR count). The second kappa shape index (κ2) is 23.9. The predicted octanol–water partition coefficient (Wildman–Crippen LogP) is 7.20. The van der Waals surface area contributed by atoms with Crippen LogP contribution in [-0.4, -0.2) is 90.1 Å². The van der Waals surface area contributed by atoms with Gasteiger partial charge in [0, 0.05) is 27.3 Å². The molecule has 0 spiro atoms. The Morgan fingerprint density at radius 3 is 1.44 bits per heavy atom. The Morgan fingerprint density at radius 1 is 0.556 bits per heavy atom. The van der Waals surface area contributed by atoms with Crippen molar-refractivity contribution in [3.63, 3.8) is 0 Å². The van der Waals surface area contributed by atoms with Crippen LogP contribution in [0, 0.1) is 16.2 Å². The molecule has 0 unspecified atom stereocenters. The molecule has 0 heterocycles. The highest BCUT2D eigenvalue weighted by Crippen LogP contribution is 2.19. The van der Waals surface area contributed by atoms with E-state index in [1.54, 1.807) is 14.2 Å². The summed E-state index contributed by atoms with van der Waals surface area (Å²) < 4.78 is 10.1. The Morgan fingerprint density at radius 2 is 1.03 bits per heavy atom. The molecule has 0 aliphatic carbocycles. The summed E-state index contributed by atoms with van der Waals surface area (Å²) in [6.45, 7) is 34.7. The number of nitrogens with one attached hydrogen (secondary N) is 1. The highest BCUT2D eigenvalue weighted by atomic mass is 16.5. The third kappa shape index (κ3) is 40.9. The van der Waals surface area contributed by atoms with Crippen LogP contribution in [0.25, 0.3) is 0 Å². The molecular formula is C31H71N3O2. The van der Waals surface area contributed by atoms with Gasteiger partial charge in [0.15, 0.2) is 0 Å². The van der Waals surface area contributed by atoms with E-state index in [2.05, 4.69) is 98.3 Å². The van der Waals surface area contributed by atoms with Gasteiger partial charge in [-0.25, -0.2) is 0 Å². The van der Waals surface area contributed by atoms with Crippen LogP contribution >= 0.6 is 0 Å². The molecule has 0 saturated heterocycles. The molecule has 5 heteroatoms. The zero-order chi connectivity index (χ0) is 28.7. The van der Waals surface area contributed by atoms with Crippen LogP contribution in [0.2, 0.25) is 0 Å². The first-order valence-corrected chi connectivity index (χ1v) is 14.6. The largest absolute Gasteiger partial charge is 0.383 e. The Bertz CT molecular complexity index is 437. The van der Waals surface area contributed by atoms with Crippen LogP contribution in [0.3, 0.4) is 0 Å². The molecular weight excluding hydrogens is 446 g/mol. The minimum absolute atomic E-state index is 0.444. The van der Waals surface area contributed by atoms with E-state index in [0.717, 1.165) is 45.9 Å². The maximum Gasteiger partial charge on any atom is 0.0589 e. The molecule has 0 saturated carbocycles. The molecule has 0 radical (unpaired) electrons. The molecule has 0 bridgehead atoms. The Balaban J connectivity index is -0.000000460. The lowest BCUT2D eigenvalue weighted by molar-refractivity contribution is 0.138. The Kier molecular flexibility index (Phi) is 26.7. The lowest BCUT2D eigenvalue weighted by atomic mass is 9.92. The van der Waals surface area contributed by atoms with E-state index < -0.39 is 0 Å². The Hall–Kier alpha value is -0.200. The second-order valence-electron chi connectivity index (χ2n) is 13.8. The first-order chi connectivity index (χ1) is 16.5. The van der Waals surface area contributed by atoms with Gasteiger partial charge in [-0.3, -0.25) is 0 Å². The van der Waals surface area contributed by atoms with Crippen molar-refractivity contribution in [3.8, 4) is 0 Å². The lowest BCUT2D eigenvalue weighted by Gasteiger charge is -2.26. The highest BCUT2D eigenvalue weighted by Gasteiger charge is 2.13. The van der Waals surface area contributed by atoms with E-state index >= 15 is 0 Å². The van der Waals surface area contributed by atoms with Crippen molar-refractivity contribution >= 4 is 0 Å². The molecule has 0 aromatic heterocycles. The van der Waals surface area contributed by atoms with Crippen LogP contribution in [0.4, 0.5) is 0 Å². The quantitative estimate of drug-likeness (QED) is 0.219. The van der Waals surface area contributed by atoms with Crippen LogP contribution in [-0.2, 0) is 9.47 Å². The normalized spacial score (nSPS) is 12.3. The van der Waals surface area contributed by atoms with E-state index in [9.17, 15) is 0 Å². The maximum absolute atomic E-state index is 5.11. The molecule has 0 fully saturated rings. The highest BCUT2D eigenvalue weighted by molar-refractivity contribution is 4.66. The number of methoxy groups -OCH3 is 2. The van der Waals surface area contributed by atoms with Gasteiger partial charge in [0.25, 0.3) is 0 Å². The summed E-state index contributed by atoms with van der Waals surface area (Å²) >= 11 is 0. The molecule has 1 N–H and O–H groups in total. The van der Waals surface area contributed by atoms with Crippen molar-refractivity contribution in [2.45, 2.75) is 108 Å². The van der Waals surface area contributed by atoms with Gasteiger partial charge in [-0.2, -0.15) is 0 Å². The number of rotatable bonds is 16. The van der Waals surface area contributed by atoms with Crippen LogP contribution in [0.1, 0.15) is 108 Å². The van der Waals surface area contributed by atoms with Gasteiger partial charge in [0.1, 0.15) is 0 Å². The fraction of sp³-hybridized carbons (Fsp3) is 1.00. The van der Waals surface area contributed by atoms with E-state index in [-0.39, 0.29) is 0 Å². The SMILES string of the molecule is CCCN(CCOC)CCC(C)(C)C.CCCNCCC(C)(C)C.COCCN(C)CCC(C)(C)C. The lowest BCUT2D eigenvalue weighted by Crippen LogP contribution is -2.31. The number of hydrogen-bond donors (Lipinski definition) is 1. The molecule has 0 aromatic carbocycles. The monoisotopic (exact) mass is 518 g/mol. The number of nitrogens with zero attached hydrogens (tertiary/aromatic N) is 2. The molecule has 36 heavy (non-hydrogen) atoms. The van der Waals surface area contributed by atoms with Crippen molar-refractivity contribution in [1.29, 1.82) is 0 Å². The maximum atomic E-state index is 5.11. The third-order valence-electron chi connectivity index (χ3n) is 5.73. The summed E-state index contributed by atoms with van der Waals surface area (Å²) in [5.74, 6) is 0. The summed E-state index contributed by atoms with van der Waals surface area (Å²) in [4.78, 5) is 4.81. The minimum atomic E-state index is 0.444. The second-order valence-corrected chi connectivity index (χ2v) is 13.8. The summed E-state index contributed by atoms with van der Waals surface area (Å²) in [5, 5.41) is 3.39. The molecule has 5 nitrogen and oxygen atoms in total.